The molecule has 0 unspecified atom stereocenters. The number of fused-ring (bicyclic) bond motifs is 3. The van der Waals surface area contributed by atoms with Gasteiger partial charge in [-0.15, -0.1) is 0 Å². The highest BCUT2D eigenvalue weighted by molar-refractivity contribution is 7.92. The molecule has 0 saturated heterocycles. The number of benzene rings is 3. The van der Waals surface area contributed by atoms with E-state index in [2.05, 4.69) is 53.4 Å². The molecule has 158 valence electrons. The zero-order chi connectivity index (χ0) is 21.6. The maximum atomic E-state index is 13.0. The molecule has 2 N–H and O–H groups in total. The quantitative estimate of drug-likeness (QED) is 0.460. The second kappa shape index (κ2) is 7.74. The summed E-state index contributed by atoms with van der Waals surface area (Å²) < 4.78 is 28.7. The molecule has 0 radical (unpaired) electrons. The van der Waals surface area contributed by atoms with Crippen molar-refractivity contribution < 1.29 is 8.42 Å². The second-order valence-corrected chi connectivity index (χ2v) is 10.4. The molecular weight excluding hydrogens is 428 g/mol. The Morgan fingerprint density at radius 3 is 2.68 bits per heavy atom. The van der Waals surface area contributed by atoms with E-state index in [9.17, 15) is 8.42 Å². The first-order valence-electron chi connectivity index (χ1n) is 10.3. The Hall–Kier alpha value is -2.76. The van der Waals surface area contributed by atoms with Crippen molar-refractivity contribution >= 4 is 33.0 Å². The van der Waals surface area contributed by atoms with Gasteiger partial charge in [-0.05, 0) is 66.8 Å². The summed E-state index contributed by atoms with van der Waals surface area (Å²) in [5, 5.41) is 4.16. The van der Waals surface area contributed by atoms with Crippen LogP contribution in [0.15, 0.2) is 83.8 Å². The van der Waals surface area contributed by atoms with Crippen molar-refractivity contribution in [3.05, 3.63) is 101 Å². The van der Waals surface area contributed by atoms with Crippen molar-refractivity contribution in [1.82, 2.24) is 0 Å². The molecule has 3 aromatic rings. The van der Waals surface area contributed by atoms with Crippen molar-refractivity contribution in [2.24, 2.45) is 5.92 Å². The monoisotopic (exact) mass is 450 g/mol. The highest BCUT2D eigenvalue weighted by atomic mass is 35.5. The first kappa shape index (κ1) is 20.2. The van der Waals surface area contributed by atoms with Crippen LogP contribution in [0.2, 0.25) is 5.02 Å². The molecule has 3 atom stereocenters. The van der Waals surface area contributed by atoms with Crippen molar-refractivity contribution in [3.8, 4) is 0 Å². The van der Waals surface area contributed by atoms with Gasteiger partial charge in [-0.2, -0.15) is 0 Å². The van der Waals surface area contributed by atoms with Crippen LogP contribution in [-0.2, 0) is 10.0 Å². The summed E-state index contributed by atoms with van der Waals surface area (Å²) in [6, 6.07) is 20.8. The molecule has 1 aliphatic heterocycles. The molecule has 5 rings (SSSR count). The maximum Gasteiger partial charge on any atom is 0.261 e. The number of rotatable bonds is 4. The number of hydrogen-bond acceptors (Lipinski definition) is 3. The minimum absolute atomic E-state index is 0.183. The zero-order valence-corrected chi connectivity index (χ0v) is 18.6. The van der Waals surface area contributed by atoms with Gasteiger partial charge in [-0.25, -0.2) is 8.42 Å². The van der Waals surface area contributed by atoms with E-state index in [0.29, 0.717) is 16.6 Å². The van der Waals surface area contributed by atoms with Crippen molar-refractivity contribution in [3.63, 3.8) is 0 Å². The number of halogens is 1. The minimum atomic E-state index is -3.72. The normalized spacial score (nSPS) is 21.8. The molecule has 4 nitrogen and oxygen atoms in total. The largest absolute Gasteiger partial charge is 0.378 e. The second-order valence-electron chi connectivity index (χ2n) is 8.25. The maximum absolute atomic E-state index is 13.0. The average Bonchev–Trinajstić information content (AvgIpc) is 3.23. The lowest BCUT2D eigenvalue weighted by atomic mass is 9.77. The highest BCUT2D eigenvalue weighted by Gasteiger charge is 2.38. The topological polar surface area (TPSA) is 58.2 Å². The summed E-state index contributed by atoms with van der Waals surface area (Å²) in [5.41, 5.74) is 4.96. The summed E-state index contributed by atoms with van der Waals surface area (Å²) in [6.07, 6.45) is 5.39. The number of allylic oxidation sites excluding steroid dienone is 2. The van der Waals surface area contributed by atoms with E-state index in [1.165, 1.54) is 11.1 Å². The molecule has 1 aliphatic carbocycles. The Balaban J connectivity index is 1.50. The van der Waals surface area contributed by atoms with Gasteiger partial charge >= 0.3 is 0 Å². The molecule has 0 amide bonds. The SMILES string of the molecule is Cc1cccc([C@H]2Nc3ccc(S(=O)(=O)Nc4cccc(Cl)c4)cc3[C@H]3C=CC[C@H]32)c1. The number of aryl methyl sites for hydroxylation is 1. The van der Waals surface area contributed by atoms with Crippen LogP contribution < -0.4 is 10.0 Å². The standard InChI is InChI=1S/C25H23ClN2O2S/c1-16-5-2-6-17(13-16)25-22-10-4-9-21(22)23-15-20(11-12-24(23)27-25)31(29,30)28-19-8-3-7-18(26)14-19/h2-9,11-15,21-22,25,27-28H,10H2,1H3/t21-,22+,25+/m0/s1. The Morgan fingerprint density at radius 1 is 1.03 bits per heavy atom. The third-order valence-corrected chi connectivity index (χ3v) is 7.74. The fourth-order valence-corrected chi connectivity index (χ4v) is 5.97. The lowest BCUT2D eigenvalue weighted by Crippen LogP contribution is -2.29. The van der Waals surface area contributed by atoms with Crippen LogP contribution in [0.25, 0.3) is 0 Å². The predicted molar refractivity (Wildman–Crippen MR) is 126 cm³/mol. The molecule has 0 bridgehead atoms. The minimum Gasteiger partial charge on any atom is -0.378 e. The third kappa shape index (κ3) is 3.84. The first-order valence-corrected chi connectivity index (χ1v) is 12.2. The van der Waals surface area contributed by atoms with Gasteiger partial charge in [0, 0.05) is 16.6 Å². The number of hydrogen-bond donors (Lipinski definition) is 2. The van der Waals surface area contributed by atoms with Gasteiger partial charge in [0.1, 0.15) is 0 Å². The van der Waals surface area contributed by atoms with Gasteiger partial charge in [0.05, 0.1) is 16.6 Å². The van der Waals surface area contributed by atoms with Gasteiger partial charge in [0.25, 0.3) is 10.0 Å². The van der Waals surface area contributed by atoms with Gasteiger partial charge < -0.3 is 5.32 Å². The van der Waals surface area contributed by atoms with Gasteiger partial charge in [-0.1, -0.05) is 59.6 Å². The molecule has 0 spiro atoms. The Labute approximate surface area is 188 Å². The lowest BCUT2D eigenvalue weighted by molar-refractivity contribution is 0.425. The summed E-state index contributed by atoms with van der Waals surface area (Å²) in [6.45, 7) is 2.11. The third-order valence-electron chi connectivity index (χ3n) is 6.12. The molecule has 0 saturated carbocycles. The molecule has 1 heterocycles. The average molecular weight is 451 g/mol. The summed E-state index contributed by atoms with van der Waals surface area (Å²) in [4.78, 5) is 0.251. The van der Waals surface area contributed by atoms with E-state index < -0.39 is 10.0 Å². The Morgan fingerprint density at radius 2 is 1.87 bits per heavy atom. The molecule has 31 heavy (non-hydrogen) atoms. The lowest BCUT2D eigenvalue weighted by Gasteiger charge is -2.37. The van der Waals surface area contributed by atoms with E-state index >= 15 is 0 Å². The fraction of sp³-hybridized carbons (Fsp3) is 0.200. The van der Waals surface area contributed by atoms with Gasteiger partial charge in [-0.3, -0.25) is 4.72 Å². The van der Waals surface area contributed by atoms with E-state index in [1.807, 2.05) is 6.07 Å². The van der Waals surface area contributed by atoms with Crippen molar-refractivity contribution in [2.45, 2.75) is 30.2 Å². The Bertz CT molecular complexity index is 1290. The first-order chi connectivity index (χ1) is 14.9. The summed E-state index contributed by atoms with van der Waals surface area (Å²) in [7, 11) is -3.72. The number of sulfonamides is 1. The molecule has 3 aromatic carbocycles. The fourth-order valence-electron chi connectivity index (χ4n) is 4.70. The van der Waals surface area contributed by atoms with Crippen LogP contribution >= 0.6 is 11.6 Å². The molecule has 0 fully saturated rings. The molecular formula is C25H23ClN2O2S. The van der Waals surface area contributed by atoms with Crippen LogP contribution in [0.3, 0.4) is 0 Å². The predicted octanol–water partition coefficient (Wildman–Crippen LogP) is 6.28. The van der Waals surface area contributed by atoms with Gasteiger partial charge in [0.15, 0.2) is 0 Å². The van der Waals surface area contributed by atoms with Crippen LogP contribution in [0, 0.1) is 12.8 Å². The van der Waals surface area contributed by atoms with Crippen LogP contribution in [0.1, 0.15) is 35.1 Å². The van der Waals surface area contributed by atoms with Crippen molar-refractivity contribution in [2.75, 3.05) is 10.0 Å². The highest BCUT2D eigenvalue weighted by Crippen LogP contribution is 2.50. The van der Waals surface area contributed by atoms with E-state index in [1.54, 1.807) is 36.4 Å². The van der Waals surface area contributed by atoms with Crippen LogP contribution in [-0.4, -0.2) is 8.42 Å². The smallest absolute Gasteiger partial charge is 0.261 e. The number of anilines is 2. The Kier molecular flexibility index (Phi) is 5.03. The van der Waals surface area contributed by atoms with E-state index in [4.69, 9.17) is 11.6 Å². The van der Waals surface area contributed by atoms with E-state index in [0.717, 1.165) is 17.7 Å². The van der Waals surface area contributed by atoms with Gasteiger partial charge in [0.2, 0.25) is 0 Å². The zero-order valence-electron chi connectivity index (χ0n) is 17.0. The molecule has 6 heteroatoms. The number of nitrogens with one attached hydrogen (secondary N) is 2. The van der Waals surface area contributed by atoms with E-state index in [-0.39, 0.29) is 16.9 Å². The summed E-state index contributed by atoms with van der Waals surface area (Å²) >= 11 is 6.00. The molecule has 0 aromatic heterocycles. The molecule has 2 aliphatic rings. The van der Waals surface area contributed by atoms with Crippen molar-refractivity contribution in [1.29, 1.82) is 0 Å². The van der Waals surface area contributed by atoms with Crippen LogP contribution in [0.5, 0.6) is 0 Å². The summed E-state index contributed by atoms with van der Waals surface area (Å²) in [5.74, 6) is 0.538. The van der Waals surface area contributed by atoms with Crippen LogP contribution in [0.4, 0.5) is 11.4 Å².